The van der Waals surface area contributed by atoms with Gasteiger partial charge in [0, 0.05) is 12.2 Å². The van der Waals surface area contributed by atoms with Crippen LogP contribution in [0.3, 0.4) is 0 Å². The summed E-state index contributed by atoms with van der Waals surface area (Å²) in [6.07, 6.45) is 2.66. The number of imidazole rings is 1. The van der Waals surface area contributed by atoms with E-state index in [1.807, 2.05) is 13.8 Å². The van der Waals surface area contributed by atoms with Crippen LogP contribution in [-0.2, 0) is 4.74 Å². The molecule has 0 saturated carbocycles. The first-order valence-electron chi connectivity index (χ1n) is 7.47. The van der Waals surface area contributed by atoms with Gasteiger partial charge in [-0.15, -0.1) is 0 Å². The third-order valence-corrected chi connectivity index (χ3v) is 3.95. The molecule has 0 aliphatic heterocycles. The molecule has 1 rings (SSSR count). The molecule has 0 radical (unpaired) electrons. The molecule has 1 aromatic rings. The normalized spacial score (nSPS) is 13.4. The van der Waals surface area contributed by atoms with Crippen molar-refractivity contribution >= 4 is 33.5 Å². The number of ether oxygens (including phenoxy) is 1. The maximum atomic E-state index is 12.2. The third kappa shape index (κ3) is 5.43. The van der Waals surface area contributed by atoms with Crippen molar-refractivity contribution in [1.29, 1.82) is 0 Å². The van der Waals surface area contributed by atoms with Crippen LogP contribution in [0.5, 0.6) is 0 Å². The van der Waals surface area contributed by atoms with Crippen molar-refractivity contribution in [3.63, 3.8) is 0 Å². The van der Waals surface area contributed by atoms with E-state index < -0.39 is 12.1 Å². The molecule has 0 aliphatic rings. The quantitative estimate of drug-likeness (QED) is 0.368. The Labute approximate surface area is 159 Å². The summed E-state index contributed by atoms with van der Waals surface area (Å²) in [6, 6.07) is -0.0837. The highest BCUT2D eigenvalue weighted by atomic mass is 79.9. The number of hydroxylamine groups is 1. The summed E-state index contributed by atoms with van der Waals surface area (Å²) < 4.78 is 7.08. The van der Waals surface area contributed by atoms with E-state index in [0.717, 1.165) is 6.20 Å². The third-order valence-electron chi connectivity index (χ3n) is 3.15. The molecular weight excluding hydrogens is 414 g/mol. The summed E-state index contributed by atoms with van der Waals surface area (Å²) in [5.41, 5.74) is 2.08. The number of halogens is 2. The monoisotopic (exact) mass is 432 g/mol. The molecule has 0 aromatic carbocycles. The molecule has 0 amide bonds. The summed E-state index contributed by atoms with van der Waals surface area (Å²) in [4.78, 5) is 16.4. The first-order chi connectivity index (χ1) is 11.7. The Morgan fingerprint density at radius 2 is 2.20 bits per heavy atom. The molecule has 0 aliphatic carbocycles. The number of carbonyl (C=O) groups is 1. The molecule has 0 saturated heterocycles. The first-order valence-corrected chi connectivity index (χ1v) is 8.64. The molecule has 1 atom stereocenters. The highest BCUT2D eigenvalue weighted by Crippen LogP contribution is 2.31. The van der Waals surface area contributed by atoms with E-state index >= 15 is 0 Å². The van der Waals surface area contributed by atoms with Gasteiger partial charge in [0.15, 0.2) is 10.4 Å². The Balaban J connectivity index is 3.30. The molecule has 0 fully saturated rings. The van der Waals surface area contributed by atoms with E-state index in [9.17, 15) is 15.1 Å². The van der Waals surface area contributed by atoms with Crippen LogP contribution >= 0.6 is 27.5 Å². The summed E-state index contributed by atoms with van der Waals surface area (Å²) >= 11 is 9.07. The number of hydrogen-bond donors (Lipinski definition) is 2. The van der Waals surface area contributed by atoms with E-state index in [1.54, 1.807) is 17.0 Å². The Hall–Kier alpha value is -1.61. The fourth-order valence-electron chi connectivity index (χ4n) is 2.08. The van der Waals surface area contributed by atoms with Crippen LogP contribution in [0.2, 0.25) is 0 Å². The fourth-order valence-corrected chi connectivity index (χ4v) is 2.96. The highest BCUT2D eigenvalue weighted by Gasteiger charge is 2.29. The largest absolute Gasteiger partial charge is 0.761 e. The molecule has 25 heavy (non-hydrogen) atoms. The summed E-state index contributed by atoms with van der Waals surface area (Å²) in [5, 5.41) is 21.1. The van der Waals surface area contributed by atoms with Gasteiger partial charge >= 0.3 is 5.97 Å². The lowest BCUT2D eigenvalue weighted by atomic mass is 10.1. The molecule has 1 aromatic heterocycles. The molecule has 9 heteroatoms. The second kappa shape index (κ2) is 9.76. The van der Waals surface area contributed by atoms with Crippen molar-refractivity contribution in [2.75, 3.05) is 6.61 Å². The van der Waals surface area contributed by atoms with E-state index in [2.05, 4.69) is 27.5 Å². The lowest BCUT2D eigenvalue weighted by Gasteiger charge is -2.19. The zero-order chi connectivity index (χ0) is 19.1. The van der Waals surface area contributed by atoms with Gasteiger partial charge in [-0.3, -0.25) is 0 Å². The van der Waals surface area contributed by atoms with Crippen LogP contribution in [0.15, 0.2) is 40.3 Å². The maximum absolute atomic E-state index is 12.2. The smallest absolute Gasteiger partial charge is 0.358 e. The van der Waals surface area contributed by atoms with Gasteiger partial charge in [0.1, 0.15) is 6.10 Å². The summed E-state index contributed by atoms with van der Waals surface area (Å²) in [7, 11) is 0. The number of aliphatic hydroxyl groups is 1. The number of nitrogens with zero attached hydrogens (tertiary/aromatic N) is 2. The minimum absolute atomic E-state index is 0.00680. The van der Waals surface area contributed by atoms with Crippen LogP contribution in [0, 0.1) is 5.21 Å². The molecule has 138 valence electrons. The molecule has 1 unspecified atom stereocenters. The lowest BCUT2D eigenvalue weighted by molar-refractivity contribution is 0.0513. The number of nitrogens with one attached hydrogen (secondary N) is 1. The summed E-state index contributed by atoms with van der Waals surface area (Å²) in [6.45, 7) is 9.43. The Morgan fingerprint density at radius 1 is 1.56 bits per heavy atom. The van der Waals surface area contributed by atoms with Crippen LogP contribution in [0.4, 0.5) is 0 Å². The van der Waals surface area contributed by atoms with Crippen molar-refractivity contribution < 1.29 is 14.6 Å². The molecule has 7 nitrogen and oxygen atoms in total. The standard InChI is InChI=1S/C16H20BrClN3O4/c1-5-25-15(23)12-13(21(9(2)3)16(17)20-12)14(22)10(4)6-7-11(18)8-19-24/h6-9,14,19,22H,4-5H2,1-3H3/q-1/b7-6-,11-8+. The second-order valence-electron chi connectivity index (χ2n) is 5.26. The van der Waals surface area contributed by atoms with Crippen molar-refractivity contribution in [1.82, 2.24) is 15.0 Å². The van der Waals surface area contributed by atoms with E-state index in [0.29, 0.717) is 4.73 Å². The number of hydrogen-bond acceptors (Lipinski definition) is 6. The Morgan fingerprint density at radius 3 is 2.72 bits per heavy atom. The molecule has 1 heterocycles. The predicted octanol–water partition coefficient (Wildman–Crippen LogP) is 3.72. The average Bonchev–Trinajstić information content (AvgIpc) is 2.90. The van der Waals surface area contributed by atoms with Gasteiger partial charge in [0.2, 0.25) is 0 Å². The number of carbonyl (C=O) groups excluding carboxylic acids is 1. The van der Waals surface area contributed by atoms with Gasteiger partial charge in [-0.1, -0.05) is 24.3 Å². The van der Waals surface area contributed by atoms with Crippen LogP contribution in [0.25, 0.3) is 0 Å². The molecule has 2 N–H and O–H groups in total. The maximum Gasteiger partial charge on any atom is 0.358 e. The highest BCUT2D eigenvalue weighted by molar-refractivity contribution is 9.10. The summed E-state index contributed by atoms with van der Waals surface area (Å²) in [5.74, 6) is -0.637. The van der Waals surface area contributed by atoms with Crippen molar-refractivity contribution in [3.8, 4) is 0 Å². The number of esters is 1. The molecular formula is C16H20BrClN3O4-. The number of aromatic nitrogens is 2. The van der Waals surface area contributed by atoms with E-state index in [-0.39, 0.29) is 34.6 Å². The Kier molecular flexibility index (Phi) is 8.37. The number of aliphatic hydroxyl groups excluding tert-OH is 1. The predicted molar refractivity (Wildman–Crippen MR) is 99.9 cm³/mol. The average molecular weight is 434 g/mol. The minimum atomic E-state index is -1.22. The number of rotatable bonds is 8. The van der Waals surface area contributed by atoms with E-state index in [1.165, 1.54) is 12.2 Å². The van der Waals surface area contributed by atoms with Crippen LogP contribution < -0.4 is 5.48 Å². The van der Waals surface area contributed by atoms with Gasteiger partial charge in [0.25, 0.3) is 0 Å². The molecule has 0 spiro atoms. The van der Waals surface area contributed by atoms with Crippen LogP contribution in [0.1, 0.15) is 49.1 Å². The Bertz CT molecular complexity index is 698. The van der Waals surface area contributed by atoms with Crippen molar-refractivity contribution in [3.05, 3.63) is 56.9 Å². The minimum Gasteiger partial charge on any atom is -0.761 e. The van der Waals surface area contributed by atoms with Crippen molar-refractivity contribution in [2.24, 2.45) is 0 Å². The van der Waals surface area contributed by atoms with Gasteiger partial charge in [-0.25, -0.2) is 9.78 Å². The van der Waals surface area contributed by atoms with E-state index in [4.69, 9.17) is 16.3 Å². The van der Waals surface area contributed by atoms with Gasteiger partial charge in [0.05, 0.1) is 17.3 Å². The number of allylic oxidation sites excluding steroid dienone is 2. The van der Waals surface area contributed by atoms with Crippen molar-refractivity contribution in [2.45, 2.75) is 32.9 Å². The zero-order valence-electron chi connectivity index (χ0n) is 14.1. The molecule has 0 bridgehead atoms. The van der Waals surface area contributed by atoms with Gasteiger partial charge < -0.3 is 25.1 Å². The fraction of sp³-hybridized carbons (Fsp3) is 0.375. The first kappa shape index (κ1) is 21.4. The zero-order valence-corrected chi connectivity index (χ0v) is 16.5. The van der Waals surface area contributed by atoms with Gasteiger partial charge in [-0.05, 0) is 48.4 Å². The van der Waals surface area contributed by atoms with Gasteiger partial charge in [-0.2, -0.15) is 0 Å². The SMILES string of the molecule is C=C(/C=C\C(Cl)=C/N[O-])C(O)c1c(C(=O)OCC)nc(Br)n1C(C)C. The van der Waals surface area contributed by atoms with Crippen LogP contribution in [-0.4, -0.2) is 27.2 Å². The lowest BCUT2D eigenvalue weighted by Crippen LogP contribution is -2.16. The topological polar surface area (TPSA) is 99.4 Å². The second-order valence-corrected chi connectivity index (χ2v) is 6.40.